The molecule has 5 nitrogen and oxygen atoms in total. The normalized spacial score (nSPS) is 21.8. The lowest BCUT2D eigenvalue weighted by Gasteiger charge is -2.36. The topological polar surface area (TPSA) is 43.9 Å². The first-order valence-corrected chi connectivity index (χ1v) is 11.2. The van der Waals surface area contributed by atoms with Gasteiger partial charge in [-0.3, -0.25) is 14.5 Å². The van der Waals surface area contributed by atoms with E-state index in [1.807, 2.05) is 34.9 Å². The van der Waals surface area contributed by atoms with Crippen molar-refractivity contribution >= 4 is 29.3 Å². The van der Waals surface area contributed by atoms with Gasteiger partial charge in [-0.05, 0) is 57.3 Å². The van der Waals surface area contributed by atoms with Gasteiger partial charge in [-0.15, -0.1) is 11.8 Å². The van der Waals surface area contributed by atoms with Crippen LogP contribution in [-0.4, -0.2) is 66.6 Å². The number of benzene rings is 1. The number of hydrogen-bond donors (Lipinski definition) is 0. The zero-order chi connectivity index (χ0) is 18.6. The average Bonchev–Trinajstić information content (AvgIpc) is 2.74. The molecule has 0 saturated carbocycles. The number of hydrogen-bond acceptors (Lipinski definition) is 4. The van der Waals surface area contributed by atoms with Gasteiger partial charge in [0.25, 0.3) is 0 Å². The van der Waals surface area contributed by atoms with Crippen LogP contribution in [0.4, 0.5) is 5.69 Å². The number of thioether (sulfide) groups is 1. The molecule has 0 aliphatic carbocycles. The van der Waals surface area contributed by atoms with E-state index in [0.29, 0.717) is 12.5 Å². The molecule has 3 aliphatic rings. The maximum absolute atomic E-state index is 12.9. The minimum atomic E-state index is 0.154. The minimum Gasteiger partial charge on any atom is -0.342 e. The molecule has 0 spiro atoms. The summed E-state index contributed by atoms with van der Waals surface area (Å²) in [6, 6.07) is 8.17. The van der Waals surface area contributed by atoms with Gasteiger partial charge in [0.2, 0.25) is 11.8 Å². The van der Waals surface area contributed by atoms with Crippen LogP contribution in [0.2, 0.25) is 0 Å². The summed E-state index contributed by atoms with van der Waals surface area (Å²) in [5, 5.41) is 0. The van der Waals surface area contributed by atoms with Crippen LogP contribution in [0.1, 0.15) is 32.1 Å². The predicted octanol–water partition coefficient (Wildman–Crippen LogP) is 2.85. The monoisotopic (exact) mass is 387 g/mol. The molecule has 0 N–H and O–H groups in total. The number of para-hydroxylation sites is 1. The largest absolute Gasteiger partial charge is 0.342 e. The molecule has 2 fully saturated rings. The van der Waals surface area contributed by atoms with Gasteiger partial charge in [-0.2, -0.15) is 0 Å². The zero-order valence-corrected chi connectivity index (χ0v) is 16.8. The Morgan fingerprint density at radius 1 is 0.963 bits per heavy atom. The summed E-state index contributed by atoms with van der Waals surface area (Å²) in [7, 11) is 0. The Balaban J connectivity index is 1.29. The van der Waals surface area contributed by atoms with E-state index in [2.05, 4.69) is 15.9 Å². The van der Waals surface area contributed by atoms with E-state index < -0.39 is 0 Å². The van der Waals surface area contributed by atoms with Crippen molar-refractivity contribution in [3.05, 3.63) is 24.3 Å². The molecule has 1 aromatic rings. The third kappa shape index (κ3) is 4.32. The van der Waals surface area contributed by atoms with Crippen LogP contribution in [0.25, 0.3) is 0 Å². The highest BCUT2D eigenvalue weighted by atomic mass is 32.2. The molecular formula is C21H29N3O2S. The van der Waals surface area contributed by atoms with Crippen LogP contribution >= 0.6 is 11.8 Å². The molecule has 0 aromatic heterocycles. The molecule has 2 amide bonds. The standard InChI is InChI=1S/C21H29N3O2S/c25-20(24-14-15-27-19-7-3-2-6-18(19)24)16-22-12-8-17(9-13-22)21(26)23-10-4-1-5-11-23/h2-3,6-7,17H,1,4-5,8-16H2. The van der Waals surface area contributed by atoms with Crippen molar-refractivity contribution in [2.45, 2.75) is 37.0 Å². The number of rotatable bonds is 3. The van der Waals surface area contributed by atoms with Crippen molar-refractivity contribution in [1.82, 2.24) is 9.80 Å². The number of fused-ring (bicyclic) bond motifs is 1. The maximum atomic E-state index is 12.9. The minimum absolute atomic E-state index is 0.154. The van der Waals surface area contributed by atoms with Crippen molar-refractivity contribution in [3.63, 3.8) is 0 Å². The third-order valence-electron chi connectivity index (χ3n) is 5.99. The smallest absolute Gasteiger partial charge is 0.241 e. The summed E-state index contributed by atoms with van der Waals surface area (Å²) < 4.78 is 0. The molecule has 3 heterocycles. The fraction of sp³-hybridized carbons (Fsp3) is 0.619. The summed E-state index contributed by atoms with van der Waals surface area (Å²) >= 11 is 1.82. The molecule has 3 aliphatic heterocycles. The van der Waals surface area contributed by atoms with E-state index in [1.165, 1.54) is 11.3 Å². The van der Waals surface area contributed by atoms with Gasteiger partial charge in [0.1, 0.15) is 0 Å². The molecule has 4 rings (SSSR count). The van der Waals surface area contributed by atoms with Crippen LogP contribution in [0.3, 0.4) is 0 Å². The Hall–Kier alpha value is -1.53. The maximum Gasteiger partial charge on any atom is 0.241 e. The number of piperidine rings is 2. The third-order valence-corrected chi connectivity index (χ3v) is 7.04. The van der Waals surface area contributed by atoms with Crippen molar-refractivity contribution in [1.29, 1.82) is 0 Å². The van der Waals surface area contributed by atoms with Gasteiger partial charge in [0, 0.05) is 36.2 Å². The van der Waals surface area contributed by atoms with Gasteiger partial charge < -0.3 is 9.80 Å². The van der Waals surface area contributed by atoms with Gasteiger partial charge >= 0.3 is 0 Å². The molecule has 1 aromatic carbocycles. The summed E-state index contributed by atoms with van der Waals surface area (Å²) in [5.41, 5.74) is 1.05. The number of nitrogens with zero attached hydrogens (tertiary/aromatic N) is 3. The van der Waals surface area contributed by atoms with Gasteiger partial charge in [-0.25, -0.2) is 0 Å². The van der Waals surface area contributed by atoms with E-state index in [-0.39, 0.29) is 11.8 Å². The molecule has 0 radical (unpaired) electrons. The summed E-state index contributed by atoms with van der Waals surface area (Å²) in [4.78, 5) is 33.0. The van der Waals surface area contributed by atoms with E-state index >= 15 is 0 Å². The Labute approximate surface area is 166 Å². The molecule has 6 heteroatoms. The highest BCUT2D eigenvalue weighted by molar-refractivity contribution is 7.99. The second-order valence-electron chi connectivity index (χ2n) is 7.80. The average molecular weight is 388 g/mol. The lowest BCUT2D eigenvalue weighted by Crippen LogP contribution is -2.48. The Morgan fingerprint density at radius 2 is 1.70 bits per heavy atom. The van der Waals surface area contributed by atoms with E-state index in [1.54, 1.807) is 0 Å². The first-order chi connectivity index (χ1) is 13.2. The first-order valence-electron chi connectivity index (χ1n) is 10.3. The number of amides is 2. The lowest BCUT2D eigenvalue weighted by molar-refractivity contribution is -0.138. The van der Waals surface area contributed by atoms with Crippen LogP contribution in [0.5, 0.6) is 0 Å². The SMILES string of the molecule is O=C(C1CCN(CC(=O)N2CCSc3ccccc32)CC1)N1CCCCC1. The Kier molecular flexibility index (Phi) is 6.03. The predicted molar refractivity (Wildman–Crippen MR) is 109 cm³/mol. The van der Waals surface area contributed by atoms with Crippen molar-refractivity contribution < 1.29 is 9.59 Å². The molecular weight excluding hydrogens is 358 g/mol. The fourth-order valence-electron chi connectivity index (χ4n) is 4.42. The van der Waals surface area contributed by atoms with E-state index in [0.717, 1.165) is 69.8 Å². The molecule has 146 valence electrons. The second kappa shape index (κ2) is 8.65. The molecule has 27 heavy (non-hydrogen) atoms. The fourth-order valence-corrected chi connectivity index (χ4v) is 5.41. The van der Waals surface area contributed by atoms with Crippen molar-refractivity contribution in [2.24, 2.45) is 5.92 Å². The van der Waals surface area contributed by atoms with Crippen LogP contribution in [0.15, 0.2) is 29.2 Å². The van der Waals surface area contributed by atoms with Gasteiger partial charge in [0.15, 0.2) is 0 Å². The summed E-state index contributed by atoms with van der Waals surface area (Å²) in [5.74, 6) is 1.64. The van der Waals surface area contributed by atoms with E-state index in [9.17, 15) is 9.59 Å². The van der Waals surface area contributed by atoms with Crippen LogP contribution in [0, 0.1) is 5.92 Å². The number of likely N-dealkylation sites (tertiary alicyclic amines) is 2. The van der Waals surface area contributed by atoms with Crippen molar-refractivity contribution in [2.75, 3.05) is 49.9 Å². The quantitative estimate of drug-likeness (QED) is 0.800. The van der Waals surface area contributed by atoms with Crippen LogP contribution < -0.4 is 4.90 Å². The van der Waals surface area contributed by atoms with E-state index in [4.69, 9.17) is 0 Å². The zero-order valence-electron chi connectivity index (χ0n) is 15.9. The number of carbonyl (C=O) groups is 2. The highest BCUT2D eigenvalue weighted by Crippen LogP contribution is 2.34. The van der Waals surface area contributed by atoms with Crippen LogP contribution in [-0.2, 0) is 9.59 Å². The number of carbonyl (C=O) groups excluding carboxylic acids is 2. The summed E-state index contributed by atoms with van der Waals surface area (Å²) in [6.07, 6.45) is 5.32. The molecule has 0 unspecified atom stereocenters. The summed E-state index contributed by atoms with van der Waals surface area (Å²) in [6.45, 7) is 4.81. The molecule has 0 bridgehead atoms. The Morgan fingerprint density at radius 3 is 2.48 bits per heavy atom. The molecule has 2 saturated heterocycles. The van der Waals surface area contributed by atoms with Gasteiger partial charge in [-0.1, -0.05) is 12.1 Å². The number of anilines is 1. The van der Waals surface area contributed by atoms with Crippen molar-refractivity contribution in [3.8, 4) is 0 Å². The van der Waals surface area contributed by atoms with Gasteiger partial charge in [0.05, 0.1) is 12.2 Å². The Bertz CT molecular complexity index is 682. The first kappa shape index (κ1) is 18.8. The lowest BCUT2D eigenvalue weighted by atomic mass is 9.94. The molecule has 0 atom stereocenters. The second-order valence-corrected chi connectivity index (χ2v) is 8.93. The highest BCUT2D eigenvalue weighted by Gasteiger charge is 2.31.